The molecule has 0 heterocycles. The number of benzene rings is 2. The van der Waals surface area contributed by atoms with Gasteiger partial charge in [0.1, 0.15) is 0 Å². The molecule has 0 saturated heterocycles. The Balaban J connectivity index is 1.70. The van der Waals surface area contributed by atoms with Gasteiger partial charge in [0.15, 0.2) is 0 Å². The quantitative estimate of drug-likeness (QED) is 0.465. The monoisotopic (exact) mass is 405 g/mol. The fourth-order valence-electron chi connectivity index (χ4n) is 3.45. The van der Waals surface area contributed by atoms with E-state index in [0.717, 1.165) is 17.7 Å². The molecule has 0 radical (unpaired) electrons. The predicted octanol–water partition coefficient (Wildman–Crippen LogP) is 4.61. The van der Waals surface area contributed by atoms with Crippen molar-refractivity contribution in [3.63, 3.8) is 0 Å². The highest BCUT2D eigenvalue weighted by atomic mass is 16.5. The molecule has 2 aromatic rings. The van der Waals surface area contributed by atoms with Gasteiger partial charge in [0, 0.05) is 24.3 Å². The van der Waals surface area contributed by atoms with Gasteiger partial charge in [0.05, 0.1) is 0 Å². The standard InChI is InChI=1S/C24H27N3O3/c1-18-7-5-6-8-20(18)15-16-27(24(29)25-22-9-3-2-4-10-22)17-19-11-13-21(14-12-19)23(28)26-30/h2-14,18,20,30H,15-17H2,1H3,(H,25,29)(H,26,28). The number of hydrogen-bond donors (Lipinski definition) is 3. The summed E-state index contributed by atoms with van der Waals surface area (Å²) in [6.07, 6.45) is 9.36. The first-order valence-corrected chi connectivity index (χ1v) is 10.1. The van der Waals surface area contributed by atoms with E-state index in [-0.39, 0.29) is 6.03 Å². The van der Waals surface area contributed by atoms with Crippen molar-refractivity contribution >= 4 is 17.6 Å². The SMILES string of the molecule is CC1C=CC=CC1CCN(Cc1ccc(C(=O)NO)cc1)C(=O)Nc1ccccc1. The van der Waals surface area contributed by atoms with E-state index in [1.807, 2.05) is 30.3 Å². The number of hydrogen-bond acceptors (Lipinski definition) is 3. The van der Waals surface area contributed by atoms with E-state index < -0.39 is 5.91 Å². The van der Waals surface area contributed by atoms with Crippen molar-refractivity contribution in [2.24, 2.45) is 11.8 Å². The average Bonchev–Trinajstić information content (AvgIpc) is 2.78. The minimum absolute atomic E-state index is 0.165. The van der Waals surface area contributed by atoms with Crippen molar-refractivity contribution in [3.05, 3.63) is 90.0 Å². The summed E-state index contributed by atoms with van der Waals surface area (Å²) in [5, 5.41) is 11.7. The zero-order valence-electron chi connectivity index (χ0n) is 17.0. The van der Waals surface area contributed by atoms with Crippen molar-refractivity contribution in [2.75, 3.05) is 11.9 Å². The van der Waals surface area contributed by atoms with E-state index in [4.69, 9.17) is 5.21 Å². The highest BCUT2D eigenvalue weighted by Gasteiger charge is 2.19. The van der Waals surface area contributed by atoms with Crippen LogP contribution in [0.2, 0.25) is 0 Å². The van der Waals surface area contributed by atoms with Crippen LogP contribution in [0.25, 0.3) is 0 Å². The minimum atomic E-state index is -0.564. The fourth-order valence-corrected chi connectivity index (χ4v) is 3.45. The predicted molar refractivity (Wildman–Crippen MR) is 117 cm³/mol. The number of para-hydroxylation sites is 1. The Morgan fingerprint density at radius 3 is 2.37 bits per heavy atom. The lowest BCUT2D eigenvalue weighted by Crippen LogP contribution is -2.36. The molecule has 30 heavy (non-hydrogen) atoms. The van der Waals surface area contributed by atoms with Crippen molar-refractivity contribution in [1.82, 2.24) is 10.4 Å². The number of amides is 3. The third-order valence-corrected chi connectivity index (χ3v) is 5.30. The van der Waals surface area contributed by atoms with Crippen LogP contribution in [-0.4, -0.2) is 28.6 Å². The number of carbonyl (C=O) groups is 2. The fraction of sp³-hybridized carbons (Fsp3) is 0.250. The van der Waals surface area contributed by atoms with Crippen molar-refractivity contribution in [3.8, 4) is 0 Å². The van der Waals surface area contributed by atoms with Crippen molar-refractivity contribution in [2.45, 2.75) is 19.9 Å². The van der Waals surface area contributed by atoms with Gasteiger partial charge in [0.2, 0.25) is 0 Å². The Hall–Kier alpha value is -3.38. The van der Waals surface area contributed by atoms with Gasteiger partial charge in [-0.3, -0.25) is 10.0 Å². The third-order valence-electron chi connectivity index (χ3n) is 5.30. The molecule has 0 aromatic heterocycles. The smallest absolute Gasteiger partial charge is 0.320 e. The van der Waals surface area contributed by atoms with Gasteiger partial charge in [-0.15, -0.1) is 0 Å². The molecule has 1 aliphatic carbocycles. The summed E-state index contributed by atoms with van der Waals surface area (Å²) in [4.78, 5) is 26.3. The molecule has 0 spiro atoms. The Morgan fingerprint density at radius 1 is 1.00 bits per heavy atom. The van der Waals surface area contributed by atoms with Crippen LogP contribution in [0.4, 0.5) is 10.5 Å². The molecule has 3 rings (SSSR count). The van der Waals surface area contributed by atoms with Crippen LogP contribution < -0.4 is 10.8 Å². The summed E-state index contributed by atoms with van der Waals surface area (Å²) in [5.41, 5.74) is 3.63. The molecule has 0 aliphatic heterocycles. The maximum atomic E-state index is 13.0. The molecule has 6 heteroatoms. The Labute approximate surface area is 176 Å². The molecule has 0 bridgehead atoms. The summed E-state index contributed by atoms with van der Waals surface area (Å²) < 4.78 is 0. The molecule has 6 nitrogen and oxygen atoms in total. The first-order valence-electron chi connectivity index (χ1n) is 10.1. The Bertz CT molecular complexity index is 907. The van der Waals surface area contributed by atoms with Crippen LogP contribution in [0.1, 0.15) is 29.3 Å². The van der Waals surface area contributed by atoms with E-state index >= 15 is 0 Å². The Kier molecular flexibility index (Phi) is 7.40. The van der Waals surface area contributed by atoms with E-state index in [1.54, 1.807) is 34.6 Å². The van der Waals surface area contributed by atoms with E-state index in [2.05, 4.69) is 36.5 Å². The molecule has 3 N–H and O–H groups in total. The highest BCUT2D eigenvalue weighted by molar-refractivity contribution is 5.93. The lowest BCUT2D eigenvalue weighted by Gasteiger charge is -2.27. The molecule has 2 atom stereocenters. The second-order valence-electron chi connectivity index (χ2n) is 7.44. The molecular weight excluding hydrogens is 378 g/mol. The first-order chi connectivity index (χ1) is 14.6. The minimum Gasteiger partial charge on any atom is -0.320 e. The number of hydroxylamine groups is 1. The van der Waals surface area contributed by atoms with Gasteiger partial charge >= 0.3 is 6.03 Å². The van der Waals surface area contributed by atoms with Crippen LogP contribution >= 0.6 is 0 Å². The second kappa shape index (κ2) is 10.4. The molecule has 2 unspecified atom stereocenters. The largest absolute Gasteiger partial charge is 0.322 e. The summed E-state index contributed by atoms with van der Waals surface area (Å²) in [7, 11) is 0. The van der Waals surface area contributed by atoms with E-state index in [1.165, 1.54) is 0 Å². The molecule has 0 saturated carbocycles. The van der Waals surface area contributed by atoms with Crippen molar-refractivity contribution in [1.29, 1.82) is 0 Å². The van der Waals surface area contributed by atoms with Crippen LogP contribution in [0.5, 0.6) is 0 Å². The van der Waals surface area contributed by atoms with Gasteiger partial charge in [0.25, 0.3) is 5.91 Å². The highest BCUT2D eigenvalue weighted by Crippen LogP contribution is 2.23. The number of nitrogens with one attached hydrogen (secondary N) is 2. The van der Waals surface area contributed by atoms with E-state index in [0.29, 0.717) is 30.5 Å². The van der Waals surface area contributed by atoms with Crippen LogP contribution in [-0.2, 0) is 6.54 Å². The number of anilines is 1. The van der Waals surface area contributed by atoms with Crippen LogP contribution in [0, 0.1) is 11.8 Å². The van der Waals surface area contributed by atoms with Gasteiger partial charge in [-0.1, -0.05) is 61.6 Å². The van der Waals surface area contributed by atoms with Gasteiger partial charge < -0.3 is 10.2 Å². The summed E-state index contributed by atoms with van der Waals surface area (Å²) in [6.45, 7) is 3.20. The first kappa shape index (κ1) is 21.3. The molecule has 1 aliphatic rings. The zero-order valence-corrected chi connectivity index (χ0v) is 17.0. The normalized spacial score (nSPS) is 17.4. The number of rotatable bonds is 7. The number of allylic oxidation sites excluding steroid dienone is 4. The number of carbonyl (C=O) groups excluding carboxylic acids is 2. The maximum absolute atomic E-state index is 13.0. The topological polar surface area (TPSA) is 81.7 Å². The van der Waals surface area contributed by atoms with Gasteiger partial charge in [-0.05, 0) is 48.1 Å². The van der Waals surface area contributed by atoms with Crippen LogP contribution in [0.3, 0.4) is 0 Å². The third kappa shape index (κ3) is 5.81. The summed E-state index contributed by atoms with van der Waals surface area (Å²) >= 11 is 0. The maximum Gasteiger partial charge on any atom is 0.322 e. The molecule has 3 amide bonds. The lowest BCUT2D eigenvalue weighted by molar-refractivity contribution is 0.0706. The van der Waals surface area contributed by atoms with Crippen LogP contribution in [0.15, 0.2) is 78.9 Å². The van der Waals surface area contributed by atoms with Crippen molar-refractivity contribution < 1.29 is 14.8 Å². The molecule has 0 fully saturated rings. The molecular formula is C24H27N3O3. The Morgan fingerprint density at radius 2 is 1.70 bits per heavy atom. The summed E-state index contributed by atoms with van der Waals surface area (Å²) in [6, 6.07) is 16.1. The number of nitrogens with zero attached hydrogens (tertiary/aromatic N) is 1. The van der Waals surface area contributed by atoms with E-state index in [9.17, 15) is 9.59 Å². The summed E-state index contributed by atoms with van der Waals surface area (Å²) in [5.74, 6) is 0.259. The van der Waals surface area contributed by atoms with Gasteiger partial charge in [-0.25, -0.2) is 10.3 Å². The second-order valence-corrected chi connectivity index (χ2v) is 7.44. The lowest BCUT2D eigenvalue weighted by atomic mass is 9.87. The molecule has 2 aromatic carbocycles. The number of urea groups is 1. The zero-order chi connectivity index (χ0) is 21.3. The average molecular weight is 405 g/mol. The molecule has 156 valence electrons. The van der Waals surface area contributed by atoms with Gasteiger partial charge in [-0.2, -0.15) is 0 Å².